The predicted octanol–water partition coefficient (Wildman–Crippen LogP) is 2.38. The Balaban J connectivity index is 2.62. The van der Waals surface area contributed by atoms with Crippen molar-refractivity contribution in [3.05, 3.63) is 39.6 Å². The number of halogens is 2. The van der Waals surface area contributed by atoms with Crippen LogP contribution in [0.1, 0.15) is 10.5 Å². The second-order valence-electron chi connectivity index (χ2n) is 2.93. The Labute approximate surface area is 104 Å². The predicted molar refractivity (Wildman–Crippen MR) is 61.0 cm³/mol. The van der Waals surface area contributed by atoms with Crippen LogP contribution in [-0.2, 0) is 0 Å². The van der Waals surface area contributed by atoms with Crippen LogP contribution in [-0.4, -0.2) is 26.1 Å². The summed E-state index contributed by atoms with van der Waals surface area (Å²) in [4.78, 5) is 10.9. The first kappa shape index (κ1) is 11.1. The van der Waals surface area contributed by atoms with E-state index >= 15 is 0 Å². The van der Waals surface area contributed by atoms with E-state index in [9.17, 15) is 4.79 Å². The van der Waals surface area contributed by atoms with Crippen molar-refractivity contribution >= 4 is 33.5 Å². The molecule has 1 aromatic carbocycles. The van der Waals surface area contributed by atoms with Crippen molar-refractivity contribution in [2.24, 2.45) is 0 Å². The van der Waals surface area contributed by atoms with Crippen LogP contribution in [0.5, 0.6) is 0 Å². The maximum absolute atomic E-state index is 10.9. The van der Waals surface area contributed by atoms with E-state index in [0.29, 0.717) is 10.7 Å². The third-order valence-electron chi connectivity index (χ3n) is 1.90. The summed E-state index contributed by atoms with van der Waals surface area (Å²) in [5.41, 5.74) is 0.422. The second kappa shape index (κ2) is 4.23. The first-order valence-corrected chi connectivity index (χ1v) is 5.36. The van der Waals surface area contributed by atoms with Crippen LogP contribution in [0, 0.1) is 0 Å². The van der Waals surface area contributed by atoms with Gasteiger partial charge in [0.1, 0.15) is 0 Å². The molecule has 0 amide bonds. The van der Waals surface area contributed by atoms with Crippen molar-refractivity contribution < 1.29 is 9.90 Å². The lowest BCUT2D eigenvalue weighted by atomic mass is 10.3. The quantitative estimate of drug-likeness (QED) is 0.925. The molecule has 0 radical (unpaired) electrons. The molecule has 16 heavy (non-hydrogen) atoms. The second-order valence-corrected chi connectivity index (χ2v) is 4.25. The summed E-state index contributed by atoms with van der Waals surface area (Å²) in [7, 11) is 0. The monoisotopic (exact) mass is 301 g/mol. The highest BCUT2D eigenvalue weighted by molar-refractivity contribution is 9.10. The first-order chi connectivity index (χ1) is 7.59. The molecular formula is C9H5BrClN3O2. The Morgan fingerprint density at radius 3 is 2.94 bits per heavy atom. The molecule has 0 aliphatic carbocycles. The highest BCUT2D eigenvalue weighted by Crippen LogP contribution is 2.24. The minimum atomic E-state index is -1.11. The van der Waals surface area contributed by atoms with Gasteiger partial charge in [-0.05, 0) is 18.2 Å². The average molecular weight is 303 g/mol. The minimum Gasteiger partial charge on any atom is -0.476 e. The maximum Gasteiger partial charge on any atom is 0.356 e. The number of hydrogen-bond donors (Lipinski definition) is 1. The van der Waals surface area contributed by atoms with Gasteiger partial charge in [-0.2, -0.15) is 0 Å². The molecule has 0 saturated carbocycles. The molecule has 2 rings (SSSR count). The van der Waals surface area contributed by atoms with Crippen molar-refractivity contribution in [1.29, 1.82) is 0 Å². The average Bonchev–Trinajstić information content (AvgIpc) is 2.70. The maximum atomic E-state index is 10.9. The Morgan fingerprint density at radius 1 is 1.50 bits per heavy atom. The molecule has 82 valence electrons. The topological polar surface area (TPSA) is 68.0 Å². The Hall–Kier alpha value is -1.40. The van der Waals surface area contributed by atoms with Crippen LogP contribution in [0.4, 0.5) is 0 Å². The first-order valence-electron chi connectivity index (χ1n) is 4.19. The van der Waals surface area contributed by atoms with Crippen LogP contribution >= 0.6 is 27.5 Å². The molecule has 2 aromatic rings. The molecule has 0 aliphatic rings. The normalized spacial score (nSPS) is 10.4. The molecule has 1 N–H and O–H groups in total. The van der Waals surface area contributed by atoms with E-state index in [-0.39, 0.29) is 5.69 Å². The fourth-order valence-corrected chi connectivity index (χ4v) is 1.75. The van der Waals surface area contributed by atoms with E-state index in [4.69, 9.17) is 16.7 Å². The van der Waals surface area contributed by atoms with Gasteiger partial charge in [-0.3, -0.25) is 0 Å². The number of hydrogen-bond acceptors (Lipinski definition) is 3. The number of benzene rings is 1. The summed E-state index contributed by atoms with van der Waals surface area (Å²) in [6, 6.07) is 5.07. The van der Waals surface area contributed by atoms with Crippen molar-refractivity contribution in [2.45, 2.75) is 0 Å². The Bertz CT molecular complexity index is 555. The lowest BCUT2D eigenvalue weighted by Crippen LogP contribution is -2.08. The molecule has 5 nitrogen and oxygen atoms in total. The number of carboxylic acid groups (broad SMARTS) is 1. The SMILES string of the molecule is O=C(O)c1cnnn1-c1cc(Br)ccc1Cl. The molecule has 1 heterocycles. The van der Waals surface area contributed by atoms with Crippen LogP contribution in [0.2, 0.25) is 5.02 Å². The van der Waals surface area contributed by atoms with E-state index in [1.807, 2.05) is 0 Å². The number of aromatic carboxylic acids is 1. The van der Waals surface area contributed by atoms with Gasteiger partial charge in [0.05, 0.1) is 16.9 Å². The van der Waals surface area contributed by atoms with E-state index in [2.05, 4.69) is 26.2 Å². The summed E-state index contributed by atoms with van der Waals surface area (Å²) >= 11 is 9.24. The van der Waals surface area contributed by atoms with Crippen molar-refractivity contribution in [3.63, 3.8) is 0 Å². The van der Waals surface area contributed by atoms with Crippen LogP contribution in [0.25, 0.3) is 5.69 Å². The van der Waals surface area contributed by atoms with Gasteiger partial charge < -0.3 is 5.11 Å². The number of aromatic nitrogens is 3. The highest BCUT2D eigenvalue weighted by atomic mass is 79.9. The fourth-order valence-electron chi connectivity index (χ4n) is 1.21. The lowest BCUT2D eigenvalue weighted by molar-refractivity contribution is 0.0687. The van der Waals surface area contributed by atoms with E-state index in [0.717, 1.165) is 4.47 Å². The summed E-state index contributed by atoms with van der Waals surface area (Å²) in [6.07, 6.45) is 1.17. The number of carbonyl (C=O) groups is 1. The molecular weight excluding hydrogens is 297 g/mol. The Kier molecular flexibility index (Phi) is 2.93. The molecule has 7 heteroatoms. The molecule has 0 saturated heterocycles. The van der Waals surface area contributed by atoms with Crippen LogP contribution in [0.15, 0.2) is 28.9 Å². The van der Waals surface area contributed by atoms with Crippen molar-refractivity contribution in [2.75, 3.05) is 0 Å². The van der Waals surface area contributed by atoms with Gasteiger partial charge in [0, 0.05) is 4.47 Å². The highest BCUT2D eigenvalue weighted by Gasteiger charge is 2.15. The minimum absolute atomic E-state index is 0.0417. The largest absolute Gasteiger partial charge is 0.476 e. The summed E-state index contributed by atoms with van der Waals surface area (Å²) in [6.45, 7) is 0. The van der Waals surface area contributed by atoms with Gasteiger partial charge in [-0.25, -0.2) is 9.48 Å². The zero-order valence-corrected chi connectivity index (χ0v) is 10.1. The van der Waals surface area contributed by atoms with E-state index in [1.54, 1.807) is 18.2 Å². The summed E-state index contributed by atoms with van der Waals surface area (Å²) in [5, 5.41) is 16.6. The van der Waals surface area contributed by atoms with Crippen LogP contribution in [0.3, 0.4) is 0 Å². The molecule has 0 atom stereocenters. The molecule has 0 fully saturated rings. The molecule has 0 spiro atoms. The smallest absolute Gasteiger partial charge is 0.356 e. The van der Waals surface area contributed by atoms with Gasteiger partial charge >= 0.3 is 5.97 Å². The van der Waals surface area contributed by atoms with Gasteiger partial charge in [0.2, 0.25) is 0 Å². The molecule has 0 bridgehead atoms. The zero-order valence-electron chi connectivity index (χ0n) is 7.76. The van der Waals surface area contributed by atoms with Crippen molar-refractivity contribution in [1.82, 2.24) is 15.0 Å². The number of nitrogens with zero attached hydrogens (tertiary/aromatic N) is 3. The molecule has 1 aromatic heterocycles. The number of rotatable bonds is 2. The third-order valence-corrected chi connectivity index (χ3v) is 2.72. The van der Waals surface area contributed by atoms with E-state index < -0.39 is 5.97 Å². The third kappa shape index (κ3) is 1.94. The van der Waals surface area contributed by atoms with E-state index in [1.165, 1.54) is 10.9 Å². The zero-order chi connectivity index (χ0) is 11.7. The molecule has 0 aliphatic heterocycles. The van der Waals surface area contributed by atoms with Crippen molar-refractivity contribution in [3.8, 4) is 5.69 Å². The van der Waals surface area contributed by atoms with Gasteiger partial charge in [-0.15, -0.1) is 5.10 Å². The van der Waals surface area contributed by atoms with Gasteiger partial charge in [0.15, 0.2) is 5.69 Å². The number of carboxylic acids is 1. The summed E-state index contributed by atoms with van der Waals surface area (Å²) in [5.74, 6) is -1.11. The van der Waals surface area contributed by atoms with Crippen LogP contribution < -0.4 is 0 Å². The fraction of sp³-hybridized carbons (Fsp3) is 0. The lowest BCUT2D eigenvalue weighted by Gasteiger charge is -2.05. The summed E-state index contributed by atoms with van der Waals surface area (Å²) < 4.78 is 1.95. The van der Waals surface area contributed by atoms with Gasteiger partial charge in [-0.1, -0.05) is 32.7 Å². The Morgan fingerprint density at radius 2 is 2.25 bits per heavy atom. The standard InChI is InChI=1S/C9H5BrClN3O2/c10-5-1-2-6(11)7(3-5)14-8(9(15)16)4-12-13-14/h1-4H,(H,15,16). The molecule has 0 unspecified atom stereocenters. The van der Waals surface area contributed by atoms with Gasteiger partial charge in [0.25, 0.3) is 0 Å².